The number of unbranched alkanes of at least 4 members (excludes halogenated alkanes) is 8. The average molecular weight is 226 g/mol. The highest BCUT2D eigenvalue weighted by atomic mass is 14.1. The molecule has 0 heterocycles. The first kappa shape index (κ1) is 16.0. The van der Waals surface area contributed by atoms with Crippen molar-refractivity contribution in [2.45, 2.75) is 97.8 Å². The van der Waals surface area contributed by atoms with Crippen LogP contribution in [-0.2, 0) is 0 Å². The molecule has 0 atom stereocenters. The molecule has 0 bridgehead atoms. The van der Waals surface area contributed by atoms with Crippen LogP contribution in [0.3, 0.4) is 0 Å². The lowest BCUT2D eigenvalue weighted by molar-refractivity contribution is 0.426. The Morgan fingerprint density at radius 1 is 0.562 bits per heavy atom. The van der Waals surface area contributed by atoms with Crippen LogP contribution in [0.2, 0.25) is 0 Å². The Balaban J connectivity index is 3.03. The first-order valence-corrected chi connectivity index (χ1v) is 7.85. The Bertz CT molecular complexity index is 113. The van der Waals surface area contributed by atoms with Crippen molar-refractivity contribution in [3.05, 3.63) is 0 Å². The van der Waals surface area contributed by atoms with Crippen LogP contribution in [0.15, 0.2) is 0 Å². The van der Waals surface area contributed by atoms with Gasteiger partial charge in [0.1, 0.15) is 0 Å². The van der Waals surface area contributed by atoms with Crippen molar-refractivity contribution in [2.75, 3.05) is 0 Å². The van der Waals surface area contributed by atoms with Crippen LogP contribution in [0, 0.1) is 5.92 Å². The van der Waals surface area contributed by atoms with E-state index < -0.39 is 0 Å². The first-order chi connectivity index (χ1) is 7.85. The Morgan fingerprint density at radius 2 is 1.00 bits per heavy atom. The molecule has 0 aliphatic rings. The monoisotopic (exact) mass is 226 g/mol. The molecule has 0 aromatic rings. The summed E-state index contributed by atoms with van der Waals surface area (Å²) < 4.78 is 0. The Hall–Kier alpha value is 0. The molecule has 0 aromatic carbocycles. The number of hydrogen-bond donors (Lipinski definition) is 0. The van der Waals surface area contributed by atoms with E-state index in [-0.39, 0.29) is 0 Å². The van der Waals surface area contributed by atoms with Gasteiger partial charge in [-0.05, 0) is 5.92 Å². The maximum atomic E-state index is 2.34. The lowest BCUT2D eigenvalue weighted by atomic mass is 9.95. The van der Waals surface area contributed by atoms with Crippen LogP contribution in [0.4, 0.5) is 0 Å². The zero-order chi connectivity index (χ0) is 12.1. The van der Waals surface area contributed by atoms with Gasteiger partial charge in [0.05, 0.1) is 0 Å². The molecule has 0 radical (unpaired) electrons. The summed E-state index contributed by atoms with van der Waals surface area (Å²) in [5.41, 5.74) is 0. The minimum absolute atomic E-state index is 1.00. The Labute approximate surface area is 104 Å². The summed E-state index contributed by atoms with van der Waals surface area (Å²) in [5.74, 6) is 1.00. The second-order valence-electron chi connectivity index (χ2n) is 5.30. The largest absolute Gasteiger partial charge is 0.0654 e. The molecule has 0 fully saturated rings. The fraction of sp³-hybridized carbons (Fsp3) is 1.00. The van der Waals surface area contributed by atoms with Crippen molar-refractivity contribution >= 4 is 0 Å². The Morgan fingerprint density at radius 3 is 1.44 bits per heavy atom. The maximum absolute atomic E-state index is 2.34. The van der Waals surface area contributed by atoms with Crippen LogP contribution in [0.25, 0.3) is 0 Å². The SMILES string of the molecule is CCCCCCCCCCCC(CC)CC. The van der Waals surface area contributed by atoms with Crippen molar-refractivity contribution in [3.8, 4) is 0 Å². The van der Waals surface area contributed by atoms with Crippen LogP contribution in [0.1, 0.15) is 97.8 Å². The van der Waals surface area contributed by atoms with E-state index in [0.717, 1.165) is 5.92 Å². The molecule has 98 valence electrons. The van der Waals surface area contributed by atoms with Crippen LogP contribution < -0.4 is 0 Å². The zero-order valence-electron chi connectivity index (χ0n) is 12.1. The molecule has 0 saturated heterocycles. The topological polar surface area (TPSA) is 0 Å². The van der Waals surface area contributed by atoms with E-state index in [2.05, 4.69) is 20.8 Å². The molecule has 0 rings (SSSR count). The molecule has 16 heavy (non-hydrogen) atoms. The summed E-state index contributed by atoms with van der Waals surface area (Å²) in [6.07, 6.45) is 17.4. The van der Waals surface area contributed by atoms with E-state index in [9.17, 15) is 0 Å². The van der Waals surface area contributed by atoms with Gasteiger partial charge in [-0.1, -0.05) is 97.8 Å². The maximum Gasteiger partial charge on any atom is -0.0420 e. The quantitative estimate of drug-likeness (QED) is 0.340. The van der Waals surface area contributed by atoms with Gasteiger partial charge in [0.25, 0.3) is 0 Å². The highest BCUT2D eigenvalue weighted by molar-refractivity contribution is 4.55. The molecule has 0 heteroatoms. The lowest BCUT2D eigenvalue weighted by Gasteiger charge is -2.11. The van der Waals surface area contributed by atoms with E-state index in [1.54, 1.807) is 0 Å². The lowest BCUT2D eigenvalue weighted by Crippen LogP contribution is -1.96. The van der Waals surface area contributed by atoms with Gasteiger partial charge in [-0.25, -0.2) is 0 Å². The van der Waals surface area contributed by atoms with Crippen molar-refractivity contribution in [3.63, 3.8) is 0 Å². The van der Waals surface area contributed by atoms with Crippen molar-refractivity contribution < 1.29 is 0 Å². The third-order valence-electron chi connectivity index (χ3n) is 3.87. The van der Waals surface area contributed by atoms with Crippen LogP contribution in [-0.4, -0.2) is 0 Å². The summed E-state index contributed by atoms with van der Waals surface area (Å²) in [6, 6.07) is 0. The average Bonchev–Trinajstić information content (AvgIpc) is 2.32. The van der Waals surface area contributed by atoms with Gasteiger partial charge in [-0.3, -0.25) is 0 Å². The van der Waals surface area contributed by atoms with Crippen molar-refractivity contribution in [2.24, 2.45) is 5.92 Å². The molecule has 0 aromatic heterocycles. The summed E-state index contributed by atoms with van der Waals surface area (Å²) >= 11 is 0. The Kier molecular flexibility index (Phi) is 13.1. The van der Waals surface area contributed by atoms with E-state index >= 15 is 0 Å². The third kappa shape index (κ3) is 10.5. The molecule has 0 saturated carbocycles. The van der Waals surface area contributed by atoms with Crippen LogP contribution >= 0.6 is 0 Å². The summed E-state index contributed by atoms with van der Waals surface area (Å²) in [4.78, 5) is 0. The number of hydrogen-bond acceptors (Lipinski definition) is 0. The van der Waals surface area contributed by atoms with Gasteiger partial charge in [-0.15, -0.1) is 0 Å². The van der Waals surface area contributed by atoms with Gasteiger partial charge < -0.3 is 0 Å². The van der Waals surface area contributed by atoms with E-state index in [1.807, 2.05) is 0 Å². The first-order valence-electron chi connectivity index (χ1n) is 7.85. The summed E-state index contributed by atoms with van der Waals surface area (Å²) in [6.45, 7) is 6.96. The number of rotatable bonds is 12. The zero-order valence-corrected chi connectivity index (χ0v) is 12.1. The van der Waals surface area contributed by atoms with E-state index in [4.69, 9.17) is 0 Å². The van der Waals surface area contributed by atoms with E-state index in [1.165, 1.54) is 77.0 Å². The summed E-state index contributed by atoms with van der Waals surface area (Å²) in [7, 11) is 0. The second kappa shape index (κ2) is 13.1. The van der Waals surface area contributed by atoms with Gasteiger partial charge >= 0.3 is 0 Å². The fourth-order valence-electron chi connectivity index (χ4n) is 2.44. The molecule has 0 spiro atoms. The minimum Gasteiger partial charge on any atom is -0.0654 e. The molecular formula is C16H34. The molecule has 0 aliphatic heterocycles. The van der Waals surface area contributed by atoms with Gasteiger partial charge in [-0.2, -0.15) is 0 Å². The minimum atomic E-state index is 1.00. The van der Waals surface area contributed by atoms with Crippen molar-refractivity contribution in [1.82, 2.24) is 0 Å². The van der Waals surface area contributed by atoms with Crippen LogP contribution in [0.5, 0.6) is 0 Å². The molecule has 0 unspecified atom stereocenters. The normalized spacial score (nSPS) is 11.2. The van der Waals surface area contributed by atoms with Crippen molar-refractivity contribution in [1.29, 1.82) is 0 Å². The highest BCUT2D eigenvalue weighted by Gasteiger charge is 2.02. The second-order valence-corrected chi connectivity index (χ2v) is 5.30. The fourth-order valence-corrected chi connectivity index (χ4v) is 2.44. The third-order valence-corrected chi connectivity index (χ3v) is 3.87. The summed E-state index contributed by atoms with van der Waals surface area (Å²) in [5, 5.41) is 0. The highest BCUT2D eigenvalue weighted by Crippen LogP contribution is 2.17. The van der Waals surface area contributed by atoms with Gasteiger partial charge in [0.2, 0.25) is 0 Å². The molecule has 0 nitrogen and oxygen atoms in total. The smallest absolute Gasteiger partial charge is 0.0420 e. The standard InChI is InChI=1S/C16H34/c1-4-7-8-9-10-11-12-13-14-15-16(5-2)6-3/h16H,4-15H2,1-3H3. The van der Waals surface area contributed by atoms with Gasteiger partial charge in [0.15, 0.2) is 0 Å². The molecule has 0 aliphatic carbocycles. The van der Waals surface area contributed by atoms with E-state index in [0.29, 0.717) is 0 Å². The molecule has 0 N–H and O–H groups in total. The predicted octanol–water partition coefficient (Wildman–Crippen LogP) is 6.34. The predicted molar refractivity (Wildman–Crippen MR) is 75.9 cm³/mol. The molecular weight excluding hydrogens is 192 g/mol. The van der Waals surface area contributed by atoms with Gasteiger partial charge in [0, 0.05) is 0 Å². The molecule has 0 amide bonds.